The lowest BCUT2D eigenvalue weighted by atomic mass is 9.78. The van der Waals surface area contributed by atoms with Crippen molar-refractivity contribution < 1.29 is 14.6 Å². The minimum atomic E-state index is -0.299. The van der Waals surface area contributed by atoms with E-state index in [0.29, 0.717) is 5.56 Å². The van der Waals surface area contributed by atoms with Crippen molar-refractivity contribution in [3.63, 3.8) is 0 Å². The van der Waals surface area contributed by atoms with Gasteiger partial charge in [-0.15, -0.1) is 0 Å². The normalized spacial score (nSPS) is 18.4. The molecule has 0 aliphatic carbocycles. The SMILES string of the molecule is CCCC1CN(CC(=O)c2cc(C(C)(C)C)c(O)c(C(C)(C)C)c2)C(=NBr)/C1=C/c1cccc(OC(C)C)c1. The van der Waals surface area contributed by atoms with Gasteiger partial charge < -0.3 is 14.7 Å². The van der Waals surface area contributed by atoms with Crippen molar-refractivity contribution in [1.82, 2.24) is 4.90 Å². The van der Waals surface area contributed by atoms with E-state index in [1.165, 1.54) is 0 Å². The van der Waals surface area contributed by atoms with Crippen molar-refractivity contribution in [3.8, 4) is 11.5 Å². The predicted octanol–water partition coefficient (Wildman–Crippen LogP) is 8.48. The van der Waals surface area contributed by atoms with Gasteiger partial charge in [0.2, 0.25) is 0 Å². The maximum Gasteiger partial charge on any atom is 0.182 e. The largest absolute Gasteiger partial charge is 0.507 e. The number of amidine groups is 1. The van der Waals surface area contributed by atoms with Crippen LogP contribution in [0.25, 0.3) is 6.08 Å². The number of ether oxygens (including phenoxy) is 1. The van der Waals surface area contributed by atoms with E-state index in [9.17, 15) is 9.90 Å². The van der Waals surface area contributed by atoms with Gasteiger partial charge in [-0.05, 0) is 67.0 Å². The number of hydrogen-bond acceptors (Lipinski definition) is 4. The summed E-state index contributed by atoms with van der Waals surface area (Å²) < 4.78 is 10.4. The average molecular weight is 598 g/mol. The maximum atomic E-state index is 13.8. The predicted molar refractivity (Wildman–Crippen MR) is 166 cm³/mol. The zero-order valence-electron chi connectivity index (χ0n) is 25.1. The highest BCUT2D eigenvalue weighted by Gasteiger charge is 2.35. The molecule has 1 fully saturated rings. The summed E-state index contributed by atoms with van der Waals surface area (Å²) in [7, 11) is 0. The fourth-order valence-corrected chi connectivity index (χ4v) is 5.60. The Labute approximate surface area is 243 Å². The molecule has 1 unspecified atom stereocenters. The number of aromatic hydroxyl groups is 1. The number of benzene rings is 2. The van der Waals surface area contributed by atoms with Gasteiger partial charge in [0.1, 0.15) is 17.3 Å². The molecule has 0 spiro atoms. The second kappa shape index (κ2) is 12.3. The summed E-state index contributed by atoms with van der Waals surface area (Å²) >= 11 is 3.36. The molecule has 1 aliphatic rings. The smallest absolute Gasteiger partial charge is 0.182 e. The molecule has 1 atom stereocenters. The molecule has 3 rings (SSSR count). The first-order chi connectivity index (χ1) is 18.1. The topological polar surface area (TPSA) is 62.1 Å². The molecular weight excluding hydrogens is 552 g/mol. The Morgan fingerprint density at radius 2 is 1.74 bits per heavy atom. The molecule has 0 bridgehead atoms. The van der Waals surface area contributed by atoms with Crippen LogP contribution in [0.2, 0.25) is 0 Å². The summed E-state index contributed by atoms with van der Waals surface area (Å²) in [5.41, 5.74) is 3.79. The Morgan fingerprint density at radius 1 is 1.13 bits per heavy atom. The van der Waals surface area contributed by atoms with Gasteiger partial charge in [-0.1, -0.05) is 67.0 Å². The van der Waals surface area contributed by atoms with E-state index in [-0.39, 0.29) is 40.9 Å². The van der Waals surface area contributed by atoms with E-state index in [0.717, 1.165) is 53.2 Å². The third-order valence-corrected chi connectivity index (χ3v) is 7.43. The Kier molecular flexibility index (Phi) is 9.74. The lowest BCUT2D eigenvalue weighted by Gasteiger charge is -2.28. The first-order valence-electron chi connectivity index (χ1n) is 14.0. The van der Waals surface area contributed by atoms with Crippen LogP contribution < -0.4 is 4.74 Å². The van der Waals surface area contributed by atoms with Crippen LogP contribution in [0.3, 0.4) is 0 Å². The van der Waals surface area contributed by atoms with Crippen molar-refractivity contribution in [2.75, 3.05) is 13.1 Å². The molecule has 0 aromatic heterocycles. The molecule has 6 heteroatoms. The highest BCUT2D eigenvalue weighted by molar-refractivity contribution is 9.08. The number of phenolic OH excluding ortho intramolecular Hbond substituents is 1. The van der Waals surface area contributed by atoms with Crippen molar-refractivity contribution in [1.29, 1.82) is 0 Å². The molecule has 39 heavy (non-hydrogen) atoms. The number of ketones is 1. The van der Waals surface area contributed by atoms with E-state index < -0.39 is 0 Å². The lowest BCUT2D eigenvalue weighted by Crippen LogP contribution is -2.32. The van der Waals surface area contributed by atoms with E-state index in [2.05, 4.69) is 85.7 Å². The molecule has 212 valence electrons. The second-order valence-corrected chi connectivity index (χ2v) is 13.3. The summed E-state index contributed by atoms with van der Waals surface area (Å²) in [5, 5.41) is 11.1. The van der Waals surface area contributed by atoms with Crippen LogP contribution in [0, 0.1) is 5.92 Å². The first-order valence-corrected chi connectivity index (χ1v) is 14.7. The maximum absolute atomic E-state index is 13.8. The molecule has 0 saturated carbocycles. The van der Waals surface area contributed by atoms with Gasteiger partial charge in [0.25, 0.3) is 0 Å². The molecule has 0 amide bonds. The van der Waals surface area contributed by atoms with Crippen LogP contribution in [0.1, 0.15) is 102 Å². The van der Waals surface area contributed by atoms with Crippen LogP contribution >= 0.6 is 16.1 Å². The highest BCUT2D eigenvalue weighted by atomic mass is 79.9. The number of carbonyl (C=O) groups excluding carboxylic acids is 1. The van der Waals surface area contributed by atoms with Gasteiger partial charge in [0.05, 0.1) is 28.8 Å². The third kappa shape index (κ3) is 7.53. The quantitative estimate of drug-likeness (QED) is 0.310. The van der Waals surface area contributed by atoms with Gasteiger partial charge in [0, 0.05) is 34.7 Å². The number of likely N-dealkylation sites (tertiary alicyclic amines) is 1. The molecule has 1 aliphatic heterocycles. The molecular formula is C33H45BrN2O3. The monoisotopic (exact) mass is 596 g/mol. The summed E-state index contributed by atoms with van der Waals surface area (Å²) in [6, 6.07) is 11.8. The number of rotatable bonds is 8. The molecule has 1 heterocycles. The Balaban J connectivity index is 1.97. The zero-order valence-corrected chi connectivity index (χ0v) is 26.6. The molecule has 2 aromatic carbocycles. The van der Waals surface area contributed by atoms with Gasteiger partial charge >= 0.3 is 0 Å². The van der Waals surface area contributed by atoms with Gasteiger partial charge in [0.15, 0.2) is 5.78 Å². The van der Waals surface area contributed by atoms with E-state index in [1.807, 2.05) is 44.2 Å². The fraction of sp³-hybridized carbons (Fsp3) is 0.515. The summed E-state index contributed by atoms with van der Waals surface area (Å²) in [6.45, 7) is 19.5. The standard InChI is InChI=1S/C33H45BrN2O3/c1-10-12-23-19-36(31(35-34)26(23)16-22-13-11-14-25(15-22)39-21(2)3)20-29(37)24-17-27(32(4,5)6)30(38)28(18-24)33(7,8)9/h11,13-18,21,23,38H,10,12,19-20H2,1-9H3/b26-16+,35-31?. The number of carbonyl (C=O) groups is 1. The van der Waals surface area contributed by atoms with Crippen LogP contribution in [0.15, 0.2) is 46.0 Å². The fourth-order valence-electron chi connectivity index (χ4n) is 5.17. The molecule has 1 N–H and O–H groups in total. The van der Waals surface area contributed by atoms with E-state index >= 15 is 0 Å². The number of phenols is 1. The molecule has 5 nitrogen and oxygen atoms in total. The Hall–Kier alpha value is -2.60. The minimum absolute atomic E-state index is 0.0171. The zero-order chi connectivity index (χ0) is 29.1. The summed E-state index contributed by atoms with van der Waals surface area (Å²) in [4.78, 5) is 15.9. The number of nitrogens with zero attached hydrogens (tertiary/aromatic N) is 2. The first kappa shape index (κ1) is 30.9. The van der Waals surface area contributed by atoms with Gasteiger partial charge in [-0.25, -0.2) is 0 Å². The average Bonchev–Trinajstić information content (AvgIpc) is 3.13. The van der Waals surface area contributed by atoms with Crippen LogP contribution in [-0.2, 0) is 10.8 Å². The van der Waals surface area contributed by atoms with E-state index in [1.54, 1.807) is 0 Å². The van der Waals surface area contributed by atoms with Gasteiger partial charge in [-0.3, -0.25) is 4.79 Å². The van der Waals surface area contributed by atoms with Crippen molar-refractivity contribution in [3.05, 3.63) is 64.2 Å². The van der Waals surface area contributed by atoms with E-state index in [4.69, 9.17) is 4.74 Å². The summed E-state index contributed by atoms with van der Waals surface area (Å²) in [6.07, 6.45) is 4.32. The second-order valence-electron chi connectivity index (χ2n) is 13.0. The third-order valence-electron chi connectivity index (χ3n) is 7.09. The molecule has 2 aromatic rings. The Bertz CT molecular complexity index is 1210. The van der Waals surface area contributed by atoms with Crippen LogP contribution in [0.5, 0.6) is 11.5 Å². The number of halogens is 1. The Morgan fingerprint density at radius 3 is 2.26 bits per heavy atom. The summed E-state index contributed by atoms with van der Waals surface area (Å²) in [5.74, 6) is 2.20. The minimum Gasteiger partial charge on any atom is -0.507 e. The van der Waals surface area contributed by atoms with Crippen molar-refractivity contribution in [2.45, 2.75) is 92.1 Å². The highest BCUT2D eigenvalue weighted by Crippen LogP contribution is 2.40. The number of Topliss-reactive ketones (excluding diaryl/α,β-unsaturated/α-hetero) is 1. The number of hydrogen-bond donors (Lipinski definition) is 1. The molecule has 0 radical (unpaired) electrons. The van der Waals surface area contributed by atoms with Gasteiger partial charge in [-0.2, -0.15) is 4.02 Å². The van der Waals surface area contributed by atoms with Crippen LogP contribution in [-0.4, -0.2) is 40.8 Å². The van der Waals surface area contributed by atoms with Crippen molar-refractivity contribution in [2.24, 2.45) is 9.94 Å². The lowest BCUT2D eigenvalue weighted by molar-refractivity contribution is 0.0963. The van der Waals surface area contributed by atoms with Crippen molar-refractivity contribution >= 4 is 33.8 Å². The molecule has 1 saturated heterocycles. The van der Waals surface area contributed by atoms with Crippen LogP contribution in [0.4, 0.5) is 0 Å².